The molecular weight excluding hydrogens is 362 g/mol. The number of nitrogens with one attached hydrogen (secondary N) is 1. The van der Waals surface area contributed by atoms with E-state index in [1.54, 1.807) is 4.90 Å². The van der Waals surface area contributed by atoms with Gasteiger partial charge in [-0.3, -0.25) is 14.9 Å². The average Bonchev–Trinajstić information content (AvgIpc) is 2.78. The lowest BCUT2D eigenvalue weighted by Crippen LogP contribution is -2.48. The van der Waals surface area contributed by atoms with E-state index in [0.29, 0.717) is 38.9 Å². The molecule has 1 atom stereocenters. The number of hydrogen-bond donors (Lipinski definition) is 2. The topological polar surface area (TPSA) is 93.2 Å². The maximum atomic E-state index is 13.3. The first-order valence-corrected chi connectivity index (χ1v) is 9.35. The molecule has 0 aromatic rings. The van der Waals surface area contributed by atoms with Gasteiger partial charge < -0.3 is 19.8 Å². The molecule has 3 heterocycles. The maximum absolute atomic E-state index is 13.3. The molecule has 3 aliphatic heterocycles. The molecule has 0 radical (unpaired) electrons. The minimum atomic E-state index is -2.62. The molecule has 27 heavy (non-hydrogen) atoms. The summed E-state index contributed by atoms with van der Waals surface area (Å²) in [5.74, 6) is -3.30. The second-order valence-corrected chi connectivity index (χ2v) is 7.80. The highest BCUT2D eigenvalue weighted by atomic mass is 19.3. The number of rotatable bonds is 4. The Bertz CT molecular complexity index is 608. The summed E-state index contributed by atoms with van der Waals surface area (Å²) in [6, 6.07) is -0.568. The zero-order valence-corrected chi connectivity index (χ0v) is 15.3. The van der Waals surface area contributed by atoms with Crippen molar-refractivity contribution in [1.29, 1.82) is 0 Å². The van der Waals surface area contributed by atoms with Crippen LogP contribution in [0, 0.1) is 0 Å². The van der Waals surface area contributed by atoms with Crippen LogP contribution in [0.5, 0.6) is 0 Å². The molecule has 3 saturated heterocycles. The third kappa shape index (κ3) is 5.13. The standard InChI is InChI=1S/C17H26F2N4O4/c18-17(19)4-7-21(8-5-17)12-16(27)2-1-6-22(9-3-16)14(25)11-23-10-13(24)20-15(23)26/h27H,1-12H2,(H,20,24,26)/t16-/m0/s1. The molecule has 3 aliphatic rings. The fourth-order valence-electron chi connectivity index (χ4n) is 3.91. The van der Waals surface area contributed by atoms with Gasteiger partial charge in [0.25, 0.3) is 5.92 Å². The Kier molecular flexibility index (Phi) is 5.66. The Morgan fingerprint density at radius 2 is 1.78 bits per heavy atom. The number of amides is 4. The maximum Gasteiger partial charge on any atom is 0.325 e. The van der Waals surface area contributed by atoms with Crippen LogP contribution in [0.4, 0.5) is 13.6 Å². The molecule has 10 heteroatoms. The predicted octanol–water partition coefficient (Wildman–Crippen LogP) is 0.0129. The minimum absolute atomic E-state index is 0.123. The highest BCUT2D eigenvalue weighted by Gasteiger charge is 2.39. The van der Waals surface area contributed by atoms with E-state index in [9.17, 15) is 28.3 Å². The molecule has 2 N–H and O–H groups in total. The largest absolute Gasteiger partial charge is 0.388 e. The van der Waals surface area contributed by atoms with Gasteiger partial charge in [-0.2, -0.15) is 0 Å². The number of piperidine rings is 1. The number of β-amino-alcohol motifs (C(OH)–C–C–N with tert-alkyl or cyclic N) is 1. The smallest absolute Gasteiger partial charge is 0.325 e. The van der Waals surface area contributed by atoms with Crippen LogP contribution in [0.15, 0.2) is 0 Å². The lowest BCUT2D eigenvalue weighted by molar-refractivity contribution is -0.132. The van der Waals surface area contributed by atoms with Crippen LogP contribution in [0.2, 0.25) is 0 Å². The van der Waals surface area contributed by atoms with Gasteiger partial charge >= 0.3 is 6.03 Å². The van der Waals surface area contributed by atoms with Crippen molar-refractivity contribution in [3.8, 4) is 0 Å². The number of likely N-dealkylation sites (tertiary alicyclic amines) is 2. The monoisotopic (exact) mass is 388 g/mol. The molecule has 8 nitrogen and oxygen atoms in total. The Balaban J connectivity index is 1.50. The fourth-order valence-corrected chi connectivity index (χ4v) is 3.91. The Labute approximate surface area is 156 Å². The first-order chi connectivity index (χ1) is 12.7. The van der Waals surface area contributed by atoms with Crippen molar-refractivity contribution in [2.45, 2.75) is 43.6 Å². The molecule has 3 fully saturated rings. The third-order valence-electron chi connectivity index (χ3n) is 5.57. The van der Waals surface area contributed by atoms with Crippen LogP contribution in [-0.4, -0.2) is 95.0 Å². The second kappa shape index (κ2) is 7.67. The van der Waals surface area contributed by atoms with Crippen molar-refractivity contribution in [2.75, 3.05) is 45.8 Å². The summed E-state index contributed by atoms with van der Waals surface area (Å²) in [7, 11) is 0. The van der Waals surface area contributed by atoms with Crippen molar-refractivity contribution in [2.24, 2.45) is 0 Å². The van der Waals surface area contributed by atoms with E-state index in [-0.39, 0.29) is 44.9 Å². The van der Waals surface area contributed by atoms with Gasteiger partial charge in [0, 0.05) is 45.6 Å². The number of alkyl halides is 2. The van der Waals surface area contributed by atoms with E-state index < -0.39 is 23.5 Å². The summed E-state index contributed by atoms with van der Waals surface area (Å²) in [6.07, 6.45) is 1.06. The summed E-state index contributed by atoms with van der Waals surface area (Å²) in [5.41, 5.74) is -1.01. The normalized spacial score (nSPS) is 29.6. The molecule has 0 aromatic heterocycles. The molecule has 0 aromatic carbocycles. The van der Waals surface area contributed by atoms with Crippen molar-refractivity contribution in [3.63, 3.8) is 0 Å². The predicted molar refractivity (Wildman–Crippen MR) is 91.1 cm³/mol. The Morgan fingerprint density at radius 1 is 1.07 bits per heavy atom. The van der Waals surface area contributed by atoms with Gasteiger partial charge in [-0.25, -0.2) is 13.6 Å². The van der Waals surface area contributed by atoms with Crippen LogP contribution in [0.25, 0.3) is 0 Å². The van der Waals surface area contributed by atoms with Crippen LogP contribution in [0.3, 0.4) is 0 Å². The summed E-state index contributed by atoms with van der Waals surface area (Å²) in [5, 5.41) is 13.0. The number of hydrogen-bond acceptors (Lipinski definition) is 5. The van der Waals surface area contributed by atoms with Crippen LogP contribution in [-0.2, 0) is 9.59 Å². The van der Waals surface area contributed by atoms with Gasteiger partial charge in [0.1, 0.15) is 13.1 Å². The fraction of sp³-hybridized carbons (Fsp3) is 0.824. The number of halogens is 2. The number of carbonyl (C=O) groups excluding carboxylic acids is 3. The summed E-state index contributed by atoms with van der Waals surface area (Å²) >= 11 is 0. The average molecular weight is 388 g/mol. The van der Waals surface area contributed by atoms with E-state index in [4.69, 9.17) is 0 Å². The summed E-state index contributed by atoms with van der Waals surface area (Å²) < 4.78 is 26.6. The first kappa shape index (κ1) is 19.9. The van der Waals surface area contributed by atoms with Crippen LogP contribution < -0.4 is 5.32 Å². The van der Waals surface area contributed by atoms with Gasteiger partial charge in [-0.05, 0) is 19.3 Å². The van der Waals surface area contributed by atoms with Crippen molar-refractivity contribution >= 4 is 17.8 Å². The van der Waals surface area contributed by atoms with E-state index in [2.05, 4.69) is 5.32 Å². The second-order valence-electron chi connectivity index (χ2n) is 7.80. The van der Waals surface area contributed by atoms with E-state index in [1.807, 2.05) is 4.90 Å². The van der Waals surface area contributed by atoms with E-state index in [1.165, 1.54) is 0 Å². The van der Waals surface area contributed by atoms with Gasteiger partial charge in [0.15, 0.2) is 0 Å². The van der Waals surface area contributed by atoms with Gasteiger partial charge in [-0.1, -0.05) is 0 Å². The summed E-state index contributed by atoms with van der Waals surface area (Å²) in [6.45, 7) is 1.35. The zero-order valence-electron chi connectivity index (χ0n) is 15.3. The highest BCUT2D eigenvalue weighted by Crippen LogP contribution is 2.30. The SMILES string of the molecule is O=C1CN(CC(=O)N2CCC[C@@](O)(CN3CCC(F)(F)CC3)CC2)C(=O)N1. The van der Waals surface area contributed by atoms with Gasteiger partial charge in [0.05, 0.1) is 5.60 Å². The molecule has 0 aliphatic carbocycles. The number of aliphatic hydroxyl groups is 1. The Hall–Kier alpha value is -1.81. The molecule has 0 unspecified atom stereocenters. The van der Waals surface area contributed by atoms with Gasteiger partial charge in [0.2, 0.25) is 11.8 Å². The molecule has 4 amide bonds. The number of carbonyl (C=O) groups is 3. The quantitative estimate of drug-likeness (QED) is 0.662. The van der Waals surface area contributed by atoms with E-state index >= 15 is 0 Å². The minimum Gasteiger partial charge on any atom is -0.388 e. The van der Waals surface area contributed by atoms with Crippen molar-refractivity contribution in [3.05, 3.63) is 0 Å². The van der Waals surface area contributed by atoms with Crippen LogP contribution >= 0.6 is 0 Å². The molecule has 0 bridgehead atoms. The summed E-state index contributed by atoms with van der Waals surface area (Å²) in [4.78, 5) is 39.9. The lowest BCUT2D eigenvalue weighted by atomic mass is 9.93. The number of nitrogens with zero attached hydrogens (tertiary/aromatic N) is 3. The number of urea groups is 1. The molecular formula is C17H26F2N4O4. The molecule has 0 spiro atoms. The molecule has 152 valence electrons. The van der Waals surface area contributed by atoms with Crippen LogP contribution in [0.1, 0.15) is 32.1 Å². The van der Waals surface area contributed by atoms with E-state index in [0.717, 1.165) is 4.90 Å². The molecule has 3 rings (SSSR count). The number of imide groups is 1. The van der Waals surface area contributed by atoms with Crippen molar-refractivity contribution in [1.82, 2.24) is 20.0 Å². The lowest BCUT2D eigenvalue weighted by Gasteiger charge is -2.37. The highest BCUT2D eigenvalue weighted by molar-refractivity contribution is 6.03. The van der Waals surface area contributed by atoms with Gasteiger partial charge in [-0.15, -0.1) is 0 Å². The zero-order chi connectivity index (χ0) is 19.7. The Morgan fingerprint density at radius 3 is 2.41 bits per heavy atom. The van der Waals surface area contributed by atoms with Crippen molar-refractivity contribution < 1.29 is 28.3 Å². The molecule has 0 saturated carbocycles. The first-order valence-electron chi connectivity index (χ1n) is 9.35. The third-order valence-corrected chi connectivity index (χ3v) is 5.57.